The second-order valence-corrected chi connectivity index (χ2v) is 3.23. The lowest BCUT2D eigenvalue weighted by atomic mass is 10.1. The van der Waals surface area contributed by atoms with Crippen molar-refractivity contribution in [3.8, 4) is 5.75 Å². The van der Waals surface area contributed by atoms with Crippen LogP contribution in [0.3, 0.4) is 0 Å². The van der Waals surface area contributed by atoms with E-state index in [1.165, 1.54) is 24.3 Å². The van der Waals surface area contributed by atoms with Crippen molar-refractivity contribution in [2.75, 3.05) is 5.32 Å². The first-order valence-corrected chi connectivity index (χ1v) is 4.50. The Kier molecular flexibility index (Phi) is 2.36. The molecule has 82 valence electrons. The van der Waals surface area contributed by atoms with Crippen LogP contribution in [-0.4, -0.2) is 16.3 Å². The first-order chi connectivity index (χ1) is 7.59. The minimum atomic E-state index is -1.21. The Morgan fingerprint density at radius 2 is 1.94 bits per heavy atom. The van der Waals surface area contributed by atoms with Crippen LogP contribution in [0.25, 0.3) is 10.8 Å². The summed E-state index contributed by atoms with van der Waals surface area (Å²) in [6.07, 6.45) is -1.21. The van der Waals surface area contributed by atoms with Gasteiger partial charge in [-0.15, -0.1) is 0 Å². The first kappa shape index (κ1) is 10.2. The molecule has 16 heavy (non-hydrogen) atoms. The van der Waals surface area contributed by atoms with Crippen molar-refractivity contribution in [2.24, 2.45) is 0 Å². The van der Waals surface area contributed by atoms with Gasteiger partial charge in [0.1, 0.15) is 0 Å². The number of anilines is 1. The van der Waals surface area contributed by atoms with Crippen molar-refractivity contribution in [3.05, 3.63) is 36.1 Å². The van der Waals surface area contributed by atoms with Crippen LogP contribution in [0.2, 0.25) is 0 Å². The summed E-state index contributed by atoms with van der Waals surface area (Å²) < 4.78 is 13.1. The van der Waals surface area contributed by atoms with Gasteiger partial charge in [-0.2, -0.15) is 0 Å². The molecule has 0 radical (unpaired) electrons. The van der Waals surface area contributed by atoms with Crippen molar-refractivity contribution in [1.82, 2.24) is 0 Å². The Bertz CT molecular complexity index is 568. The molecule has 2 aromatic carbocycles. The van der Waals surface area contributed by atoms with Gasteiger partial charge in [0, 0.05) is 10.8 Å². The van der Waals surface area contributed by atoms with Gasteiger partial charge in [0.25, 0.3) is 0 Å². The maximum Gasteiger partial charge on any atom is 0.409 e. The second kappa shape index (κ2) is 3.69. The Morgan fingerprint density at radius 1 is 1.19 bits per heavy atom. The minimum Gasteiger partial charge on any atom is -0.504 e. The van der Waals surface area contributed by atoms with E-state index in [-0.39, 0.29) is 5.39 Å². The Labute approximate surface area is 89.9 Å². The number of fused-ring (bicyclic) bond motifs is 1. The lowest BCUT2D eigenvalue weighted by Gasteiger charge is -2.07. The van der Waals surface area contributed by atoms with Gasteiger partial charge in [-0.25, -0.2) is 9.18 Å². The molecule has 3 N–H and O–H groups in total. The van der Waals surface area contributed by atoms with Crippen molar-refractivity contribution < 1.29 is 19.4 Å². The van der Waals surface area contributed by atoms with Crippen LogP contribution in [-0.2, 0) is 0 Å². The molecule has 0 aliphatic carbocycles. The summed E-state index contributed by atoms with van der Waals surface area (Å²) in [6.45, 7) is 0. The van der Waals surface area contributed by atoms with E-state index in [0.717, 1.165) is 6.07 Å². The number of carboxylic acid groups (broad SMARTS) is 1. The number of hydrogen-bond donors (Lipinski definition) is 3. The Morgan fingerprint density at radius 3 is 2.62 bits per heavy atom. The molecule has 0 aliphatic rings. The molecule has 5 heteroatoms. The van der Waals surface area contributed by atoms with Gasteiger partial charge in [0.2, 0.25) is 0 Å². The fraction of sp³-hybridized carbons (Fsp3) is 0. The lowest BCUT2D eigenvalue weighted by molar-refractivity contribution is 0.210. The highest BCUT2D eigenvalue weighted by molar-refractivity contribution is 6.02. The predicted octanol–water partition coefficient (Wildman–Crippen LogP) is 2.77. The topological polar surface area (TPSA) is 69.6 Å². The molecule has 0 unspecified atom stereocenters. The quantitative estimate of drug-likeness (QED) is 0.693. The molecule has 2 aromatic rings. The van der Waals surface area contributed by atoms with Crippen LogP contribution in [0.5, 0.6) is 5.75 Å². The molecule has 0 saturated heterocycles. The zero-order chi connectivity index (χ0) is 11.7. The van der Waals surface area contributed by atoms with Gasteiger partial charge >= 0.3 is 6.09 Å². The van der Waals surface area contributed by atoms with E-state index < -0.39 is 17.7 Å². The van der Waals surface area contributed by atoms with Gasteiger partial charge in [-0.1, -0.05) is 12.1 Å². The molecule has 0 fully saturated rings. The fourth-order valence-electron chi connectivity index (χ4n) is 1.54. The van der Waals surface area contributed by atoms with E-state index in [1.807, 2.05) is 0 Å². The molecule has 0 atom stereocenters. The second-order valence-electron chi connectivity index (χ2n) is 3.23. The van der Waals surface area contributed by atoms with Gasteiger partial charge in [-0.3, -0.25) is 5.32 Å². The summed E-state index contributed by atoms with van der Waals surface area (Å²) in [4.78, 5) is 10.5. The number of halogens is 1. The number of benzene rings is 2. The van der Waals surface area contributed by atoms with Crippen LogP contribution in [0, 0.1) is 5.82 Å². The number of amides is 1. The molecule has 0 aliphatic heterocycles. The Hall–Kier alpha value is -2.30. The van der Waals surface area contributed by atoms with Gasteiger partial charge in [0.15, 0.2) is 11.6 Å². The molecular weight excluding hydrogens is 213 g/mol. The predicted molar refractivity (Wildman–Crippen MR) is 57.2 cm³/mol. The molecule has 0 bridgehead atoms. The molecule has 0 heterocycles. The smallest absolute Gasteiger partial charge is 0.409 e. The Balaban J connectivity index is 2.69. The number of rotatable bonds is 1. The average Bonchev–Trinajstić information content (AvgIpc) is 2.23. The molecule has 0 aromatic heterocycles. The zero-order valence-corrected chi connectivity index (χ0v) is 8.07. The van der Waals surface area contributed by atoms with E-state index in [0.29, 0.717) is 11.1 Å². The van der Waals surface area contributed by atoms with Gasteiger partial charge in [0.05, 0.1) is 5.69 Å². The molecule has 4 nitrogen and oxygen atoms in total. The summed E-state index contributed by atoms with van der Waals surface area (Å²) in [7, 11) is 0. The standard InChI is InChI=1S/C11H8FNO3/c12-8-5-4-6-7(10(8)14)2-1-3-9(6)13-11(15)16/h1-5,13-14H,(H,15,16). The number of phenols is 1. The van der Waals surface area contributed by atoms with Crippen molar-refractivity contribution in [3.63, 3.8) is 0 Å². The highest BCUT2D eigenvalue weighted by atomic mass is 19.1. The van der Waals surface area contributed by atoms with Crippen molar-refractivity contribution in [1.29, 1.82) is 0 Å². The third-order valence-corrected chi connectivity index (χ3v) is 2.23. The highest BCUT2D eigenvalue weighted by Crippen LogP contribution is 2.31. The SMILES string of the molecule is O=C(O)Nc1cccc2c(O)c(F)ccc12. The monoisotopic (exact) mass is 221 g/mol. The highest BCUT2D eigenvalue weighted by Gasteiger charge is 2.09. The average molecular weight is 221 g/mol. The van der Waals surface area contributed by atoms with Crippen LogP contribution in [0.1, 0.15) is 0 Å². The zero-order valence-electron chi connectivity index (χ0n) is 8.07. The number of phenolic OH excluding ortho intramolecular Hbond substituents is 1. The van der Waals surface area contributed by atoms with E-state index in [4.69, 9.17) is 5.11 Å². The van der Waals surface area contributed by atoms with Gasteiger partial charge < -0.3 is 10.2 Å². The van der Waals surface area contributed by atoms with E-state index in [1.54, 1.807) is 0 Å². The number of aromatic hydroxyl groups is 1. The van der Waals surface area contributed by atoms with Crippen molar-refractivity contribution in [2.45, 2.75) is 0 Å². The van der Waals surface area contributed by atoms with Crippen molar-refractivity contribution >= 4 is 22.6 Å². The number of hydrogen-bond acceptors (Lipinski definition) is 2. The summed E-state index contributed by atoms with van der Waals surface area (Å²) in [5, 5.41) is 21.0. The van der Waals surface area contributed by atoms with Crippen LogP contribution in [0.4, 0.5) is 14.9 Å². The van der Waals surface area contributed by atoms with Crippen LogP contribution >= 0.6 is 0 Å². The number of nitrogens with one attached hydrogen (secondary N) is 1. The minimum absolute atomic E-state index is 0.270. The maximum absolute atomic E-state index is 13.1. The lowest BCUT2D eigenvalue weighted by Crippen LogP contribution is -2.07. The summed E-state index contributed by atoms with van der Waals surface area (Å²) >= 11 is 0. The summed E-state index contributed by atoms with van der Waals surface area (Å²) in [6, 6.07) is 7.09. The molecular formula is C11H8FNO3. The van der Waals surface area contributed by atoms with E-state index in [9.17, 15) is 14.3 Å². The third kappa shape index (κ3) is 1.63. The van der Waals surface area contributed by atoms with E-state index in [2.05, 4.69) is 5.32 Å². The molecule has 0 spiro atoms. The van der Waals surface area contributed by atoms with Crippen LogP contribution < -0.4 is 5.32 Å². The normalized spacial score (nSPS) is 10.3. The first-order valence-electron chi connectivity index (χ1n) is 4.50. The third-order valence-electron chi connectivity index (χ3n) is 2.23. The molecule has 2 rings (SSSR count). The van der Waals surface area contributed by atoms with E-state index >= 15 is 0 Å². The van der Waals surface area contributed by atoms with Crippen LogP contribution in [0.15, 0.2) is 30.3 Å². The fourth-order valence-corrected chi connectivity index (χ4v) is 1.54. The summed E-state index contributed by atoms with van der Waals surface area (Å²) in [5.41, 5.74) is 0.306. The summed E-state index contributed by atoms with van der Waals surface area (Å²) in [5.74, 6) is -1.22. The largest absolute Gasteiger partial charge is 0.504 e. The maximum atomic E-state index is 13.1. The molecule has 1 amide bonds. The molecule has 0 saturated carbocycles. The number of carbonyl (C=O) groups is 1. The van der Waals surface area contributed by atoms with Gasteiger partial charge in [-0.05, 0) is 18.2 Å².